The van der Waals surface area contributed by atoms with E-state index in [1.807, 2.05) is 30.3 Å². The quantitative estimate of drug-likeness (QED) is 0.559. The molecule has 0 aliphatic carbocycles. The molecule has 0 heterocycles. The lowest BCUT2D eigenvalue weighted by Crippen LogP contribution is -2.34. The average Bonchev–Trinajstić information content (AvgIpc) is 2.45. The first kappa shape index (κ1) is 15.4. The molecule has 1 amide bonds. The Balaban J connectivity index is 2.15. The Bertz CT molecular complexity index is 371. The monoisotopic (exact) mass is 269 g/mol. The van der Waals surface area contributed by atoms with Crippen molar-refractivity contribution in [1.82, 2.24) is 5.32 Å². The molecule has 0 saturated heterocycles. The van der Waals surface area contributed by atoms with Crippen LogP contribution < -0.4 is 5.32 Å². The van der Waals surface area contributed by atoms with Crippen LogP contribution in [0.4, 0.5) is 4.79 Å². The summed E-state index contributed by atoms with van der Waals surface area (Å²) in [6, 6.07) is 9.26. The van der Waals surface area contributed by atoms with Crippen molar-refractivity contribution >= 4 is 6.09 Å². The summed E-state index contributed by atoms with van der Waals surface area (Å²) in [6.07, 6.45) is -2.71. The van der Waals surface area contributed by atoms with Gasteiger partial charge in [0.1, 0.15) is 12.7 Å². The second-order valence-electron chi connectivity index (χ2n) is 4.09. The molecule has 6 nitrogen and oxygen atoms in total. The Kier molecular flexibility index (Phi) is 6.88. The summed E-state index contributed by atoms with van der Waals surface area (Å²) >= 11 is 0. The van der Waals surface area contributed by atoms with E-state index in [-0.39, 0.29) is 19.6 Å². The molecule has 0 aliphatic rings. The lowest BCUT2D eigenvalue weighted by atomic mass is 10.1. The van der Waals surface area contributed by atoms with Crippen molar-refractivity contribution in [2.75, 3.05) is 13.2 Å². The molecule has 0 aromatic heterocycles. The minimum Gasteiger partial charge on any atom is -0.445 e. The summed E-state index contributed by atoms with van der Waals surface area (Å²) in [7, 11) is 0. The number of benzene rings is 1. The van der Waals surface area contributed by atoms with Crippen molar-refractivity contribution in [3.05, 3.63) is 35.9 Å². The fraction of sp³-hybridized carbons (Fsp3) is 0.462. The Morgan fingerprint density at radius 1 is 1.21 bits per heavy atom. The number of carbonyl (C=O) groups excluding carboxylic acids is 1. The molecule has 0 saturated carbocycles. The van der Waals surface area contributed by atoms with E-state index in [1.165, 1.54) is 0 Å². The predicted molar refractivity (Wildman–Crippen MR) is 68.3 cm³/mol. The molecular formula is C13H19NO5. The molecule has 106 valence electrons. The van der Waals surface area contributed by atoms with Crippen LogP contribution in [0.25, 0.3) is 0 Å². The highest BCUT2D eigenvalue weighted by atomic mass is 16.5. The van der Waals surface area contributed by atoms with Crippen LogP contribution in [-0.2, 0) is 11.3 Å². The summed E-state index contributed by atoms with van der Waals surface area (Å²) in [4.78, 5) is 11.3. The molecule has 4 N–H and O–H groups in total. The van der Waals surface area contributed by atoms with E-state index in [0.29, 0.717) is 0 Å². The van der Waals surface area contributed by atoms with E-state index in [4.69, 9.17) is 14.9 Å². The Hall–Kier alpha value is -1.63. The normalized spacial score (nSPS) is 13.6. The number of aliphatic hydroxyl groups excluding tert-OH is 3. The van der Waals surface area contributed by atoms with E-state index in [1.54, 1.807) is 0 Å². The third kappa shape index (κ3) is 6.19. The first-order valence-electron chi connectivity index (χ1n) is 6.05. The van der Waals surface area contributed by atoms with Gasteiger partial charge in [-0.25, -0.2) is 4.79 Å². The fourth-order valence-corrected chi connectivity index (χ4v) is 1.41. The Morgan fingerprint density at radius 2 is 1.89 bits per heavy atom. The van der Waals surface area contributed by atoms with Crippen LogP contribution in [-0.4, -0.2) is 46.8 Å². The number of amides is 1. The Morgan fingerprint density at radius 3 is 2.53 bits per heavy atom. The Labute approximate surface area is 111 Å². The summed E-state index contributed by atoms with van der Waals surface area (Å²) in [5, 5.41) is 29.5. The van der Waals surface area contributed by atoms with Crippen molar-refractivity contribution in [3.8, 4) is 0 Å². The summed E-state index contributed by atoms with van der Waals surface area (Å²) < 4.78 is 4.95. The van der Waals surface area contributed by atoms with E-state index in [2.05, 4.69) is 5.32 Å². The zero-order valence-corrected chi connectivity index (χ0v) is 10.5. The highest BCUT2D eigenvalue weighted by Crippen LogP contribution is 2.01. The molecule has 1 aromatic rings. The third-order valence-electron chi connectivity index (χ3n) is 2.55. The summed E-state index contributed by atoms with van der Waals surface area (Å²) in [5.74, 6) is 0. The van der Waals surface area contributed by atoms with Crippen LogP contribution in [0.2, 0.25) is 0 Å². The number of ether oxygens (including phenoxy) is 1. The average molecular weight is 269 g/mol. The van der Waals surface area contributed by atoms with Gasteiger partial charge in [0.25, 0.3) is 0 Å². The first-order valence-corrected chi connectivity index (χ1v) is 6.05. The van der Waals surface area contributed by atoms with Crippen molar-refractivity contribution < 1.29 is 24.9 Å². The highest BCUT2D eigenvalue weighted by Gasteiger charge is 2.14. The van der Waals surface area contributed by atoms with Crippen molar-refractivity contribution in [3.63, 3.8) is 0 Å². The molecule has 0 fully saturated rings. The number of hydrogen-bond donors (Lipinski definition) is 4. The van der Waals surface area contributed by atoms with Crippen LogP contribution in [0.3, 0.4) is 0 Å². The molecule has 19 heavy (non-hydrogen) atoms. The molecule has 0 bridgehead atoms. The van der Waals surface area contributed by atoms with E-state index in [0.717, 1.165) is 5.56 Å². The standard InChI is InChI=1S/C13H19NO5/c15-8-12(17)11(16)6-7-14-13(18)19-9-10-4-2-1-3-5-10/h1-5,11-12,15-17H,6-9H2,(H,14,18)/t11-,12-/m1/s1. The zero-order chi connectivity index (χ0) is 14.1. The third-order valence-corrected chi connectivity index (χ3v) is 2.55. The molecule has 6 heteroatoms. The highest BCUT2D eigenvalue weighted by molar-refractivity contribution is 5.67. The van der Waals surface area contributed by atoms with Crippen molar-refractivity contribution in [2.45, 2.75) is 25.2 Å². The lowest BCUT2D eigenvalue weighted by Gasteiger charge is -2.15. The van der Waals surface area contributed by atoms with Gasteiger partial charge in [-0.3, -0.25) is 0 Å². The maximum Gasteiger partial charge on any atom is 0.407 e. The van der Waals surface area contributed by atoms with Crippen LogP contribution in [0, 0.1) is 0 Å². The number of hydrogen-bond acceptors (Lipinski definition) is 5. The summed E-state index contributed by atoms with van der Waals surface area (Å²) in [6.45, 7) is -0.181. The second-order valence-corrected chi connectivity index (χ2v) is 4.09. The summed E-state index contributed by atoms with van der Waals surface area (Å²) in [5.41, 5.74) is 0.883. The van der Waals surface area contributed by atoms with E-state index < -0.39 is 24.9 Å². The molecule has 1 rings (SSSR count). The van der Waals surface area contributed by atoms with Gasteiger partial charge in [0, 0.05) is 6.54 Å². The van der Waals surface area contributed by atoms with Crippen LogP contribution in [0.5, 0.6) is 0 Å². The number of nitrogens with one attached hydrogen (secondary N) is 1. The van der Waals surface area contributed by atoms with Crippen molar-refractivity contribution in [1.29, 1.82) is 0 Å². The van der Waals surface area contributed by atoms with E-state index >= 15 is 0 Å². The van der Waals surface area contributed by atoms with Gasteiger partial charge in [-0.2, -0.15) is 0 Å². The van der Waals surface area contributed by atoms with Gasteiger partial charge in [0.2, 0.25) is 0 Å². The number of carbonyl (C=O) groups is 1. The van der Waals surface area contributed by atoms with Crippen LogP contribution in [0.1, 0.15) is 12.0 Å². The van der Waals surface area contributed by atoms with Crippen LogP contribution >= 0.6 is 0 Å². The molecule has 0 radical (unpaired) electrons. The van der Waals surface area contributed by atoms with Gasteiger partial charge in [-0.1, -0.05) is 30.3 Å². The van der Waals surface area contributed by atoms with Gasteiger partial charge >= 0.3 is 6.09 Å². The first-order chi connectivity index (χ1) is 9.13. The lowest BCUT2D eigenvalue weighted by molar-refractivity contribution is -0.0171. The maximum absolute atomic E-state index is 11.3. The second kappa shape index (κ2) is 8.47. The van der Waals surface area contributed by atoms with Crippen molar-refractivity contribution in [2.24, 2.45) is 0 Å². The van der Waals surface area contributed by atoms with Gasteiger partial charge in [-0.05, 0) is 12.0 Å². The maximum atomic E-state index is 11.3. The predicted octanol–water partition coefficient (Wildman–Crippen LogP) is 0.0170. The molecular weight excluding hydrogens is 250 g/mol. The number of rotatable bonds is 7. The zero-order valence-electron chi connectivity index (χ0n) is 10.5. The van der Waals surface area contributed by atoms with Gasteiger partial charge in [-0.15, -0.1) is 0 Å². The smallest absolute Gasteiger partial charge is 0.407 e. The number of aliphatic hydroxyl groups is 3. The minimum absolute atomic E-state index is 0.141. The SMILES string of the molecule is O=C(NCC[C@@H](O)[C@H](O)CO)OCc1ccccc1. The fourth-order valence-electron chi connectivity index (χ4n) is 1.41. The van der Waals surface area contributed by atoms with E-state index in [9.17, 15) is 9.90 Å². The van der Waals surface area contributed by atoms with Crippen LogP contribution in [0.15, 0.2) is 30.3 Å². The minimum atomic E-state index is -1.19. The molecule has 0 aliphatic heterocycles. The topological polar surface area (TPSA) is 99.0 Å². The largest absolute Gasteiger partial charge is 0.445 e. The molecule has 0 spiro atoms. The number of alkyl carbamates (subject to hydrolysis) is 1. The molecule has 2 atom stereocenters. The van der Waals surface area contributed by atoms with Gasteiger partial charge in [0.05, 0.1) is 12.7 Å². The van der Waals surface area contributed by atoms with Gasteiger partial charge < -0.3 is 25.4 Å². The molecule has 0 unspecified atom stereocenters. The molecule has 1 aromatic carbocycles. The van der Waals surface area contributed by atoms with Gasteiger partial charge in [0.15, 0.2) is 0 Å².